The van der Waals surface area contributed by atoms with Gasteiger partial charge in [-0.05, 0) is 31.0 Å². The lowest BCUT2D eigenvalue weighted by Gasteiger charge is -2.15. The Bertz CT molecular complexity index is 653. The zero-order chi connectivity index (χ0) is 15.1. The monoisotopic (exact) mass is 287 g/mol. The van der Waals surface area contributed by atoms with E-state index in [1.54, 1.807) is 0 Å². The molecule has 1 fully saturated rings. The number of carboxylic acid groups (broad SMARTS) is 1. The first-order valence-corrected chi connectivity index (χ1v) is 6.60. The SMILES string of the molecule is O=C(O)c1cc(N2C(=O)[C@H]3CC=CC[C@@H]3C2=O)ccc1O. The van der Waals surface area contributed by atoms with E-state index in [-0.39, 0.29) is 34.9 Å². The summed E-state index contributed by atoms with van der Waals surface area (Å²) >= 11 is 0. The van der Waals surface area contributed by atoms with Gasteiger partial charge in [0.15, 0.2) is 0 Å². The van der Waals surface area contributed by atoms with Crippen LogP contribution in [0.3, 0.4) is 0 Å². The molecule has 6 heteroatoms. The van der Waals surface area contributed by atoms with Crippen molar-refractivity contribution in [3.05, 3.63) is 35.9 Å². The average Bonchev–Trinajstić information content (AvgIpc) is 2.72. The van der Waals surface area contributed by atoms with Gasteiger partial charge in [0.25, 0.3) is 0 Å². The first-order chi connectivity index (χ1) is 10.0. The molecule has 0 spiro atoms. The van der Waals surface area contributed by atoms with Crippen molar-refractivity contribution in [1.82, 2.24) is 0 Å². The number of carboxylic acids is 1. The largest absolute Gasteiger partial charge is 0.507 e. The van der Waals surface area contributed by atoms with Crippen LogP contribution in [0, 0.1) is 11.8 Å². The van der Waals surface area contributed by atoms with Crippen molar-refractivity contribution in [1.29, 1.82) is 0 Å². The van der Waals surface area contributed by atoms with Gasteiger partial charge < -0.3 is 10.2 Å². The number of amides is 2. The van der Waals surface area contributed by atoms with Gasteiger partial charge in [-0.2, -0.15) is 0 Å². The van der Waals surface area contributed by atoms with Crippen molar-refractivity contribution in [2.75, 3.05) is 4.90 Å². The predicted molar refractivity (Wildman–Crippen MR) is 72.9 cm³/mol. The molecule has 0 unspecified atom stereocenters. The van der Waals surface area contributed by atoms with Crippen LogP contribution in [0.5, 0.6) is 5.75 Å². The molecule has 1 aliphatic heterocycles. The highest BCUT2D eigenvalue weighted by molar-refractivity contribution is 6.22. The molecule has 1 aromatic carbocycles. The Kier molecular flexibility index (Phi) is 3.01. The molecule has 1 saturated heterocycles. The number of aromatic hydroxyl groups is 1. The van der Waals surface area contributed by atoms with Gasteiger partial charge in [-0.1, -0.05) is 12.2 Å². The van der Waals surface area contributed by atoms with Crippen molar-refractivity contribution >= 4 is 23.5 Å². The van der Waals surface area contributed by atoms with E-state index in [4.69, 9.17) is 5.11 Å². The Morgan fingerprint density at radius 2 is 1.67 bits per heavy atom. The normalized spacial score (nSPS) is 24.3. The molecule has 3 rings (SSSR count). The molecular weight excluding hydrogens is 274 g/mol. The van der Waals surface area contributed by atoms with E-state index in [1.807, 2.05) is 12.2 Å². The van der Waals surface area contributed by atoms with Crippen LogP contribution in [0.1, 0.15) is 23.2 Å². The Labute approximate surface area is 120 Å². The number of benzene rings is 1. The van der Waals surface area contributed by atoms with Crippen LogP contribution in [-0.4, -0.2) is 28.0 Å². The van der Waals surface area contributed by atoms with E-state index in [0.717, 1.165) is 11.0 Å². The van der Waals surface area contributed by atoms with Crippen LogP contribution in [0.4, 0.5) is 5.69 Å². The van der Waals surface area contributed by atoms with Gasteiger partial charge in [0, 0.05) is 0 Å². The molecule has 1 aliphatic carbocycles. The maximum atomic E-state index is 12.4. The molecule has 1 heterocycles. The van der Waals surface area contributed by atoms with E-state index in [1.165, 1.54) is 12.1 Å². The molecule has 108 valence electrons. The standard InChI is InChI=1S/C15H13NO5/c17-12-6-5-8(7-11(12)15(20)21)16-13(18)9-3-1-2-4-10(9)14(16)19/h1-2,5-7,9-10,17H,3-4H2,(H,20,21)/t9-,10-/m0/s1. The van der Waals surface area contributed by atoms with Crippen LogP contribution >= 0.6 is 0 Å². The quantitative estimate of drug-likeness (QED) is 0.635. The summed E-state index contributed by atoms with van der Waals surface area (Å²) in [7, 11) is 0. The van der Waals surface area contributed by atoms with Crippen LogP contribution in [0.2, 0.25) is 0 Å². The number of allylic oxidation sites excluding steroid dienone is 2. The molecule has 2 amide bonds. The summed E-state index contributed by atoms with van der Waals surface area (Å²) in [5, 5.41) is 18.5. The third-order valence-corrected chi connectivity index (χ3v) is 3.98. The lowest BCUT2D eigenvalue weighted by molar-refractivity contribution is -0.122. The highest BCUT2D eigenvalue weighted by Gasteiger charge is 2.47. The number of carbonyl (C=O) groups is 3. The minimum absolute atomic E-state index is 0.189. The second-order valence-electron chi connectivity index (χ2n) is 5.17. The van der Waals surface area contributed by atoms with Crippen LogP contribution in [0.25, 0.3) is 0 Å². The minimum atomic E-state index is -1.31. The summed E-state index contributed by atoms with van der Waals surface area (Å²) < 4.78 is 0. The first-order valence-electron chi connectivity index (χ1n) is 6.60. The Balaban J connectivity index is 2.01. The maximum absolute atomic E-state index is 12.4. The number of hydrogen-bond acceptors (Lipinski definition) is 4. The smallest absolute Gasteiger partial charge is 0.339 e. The van der Waals surface area contributed by atoms with Crippen LogP contribution in [0.15, 0.2) is 30.4 Å². The third-order valence-electron chi connectivity index (χ3n) is 3.98. The molecule has 0 saturated carbocycles. The Morgan fingerprint density at radius 3 is 2.19 bits per heavy atom. The number of carbonyl (C=O) groups excluding carboxylic acids is 2. The molecule has 21 heavy (non-hydrogen) atoms. The molecule has 1 aromatic rings. The second-order valence-corrected chi connectivity index (χ2v) is 5.17. The van der Waals surface area contributed by atoms with Crippen molar-refractivity contribution in [3.63, 3.8) is 0 Å². The Hall–Kier alpha value is -2.63. The molecule has 0 bridgehead atoms. The van der Waals surface area contributed by atoms with Crippen molar-refractivity contribution < 1.29 is 24.6 Å². The molecule has 6 nitrogen and oxygen atoms in total. The fourth-order valence-electron chi connectivity index (χ4n) is 2.89. The van der Waals surface area contributed by atoms with E-state index in [9.17, 15) is 19.5 Å². The van der Waals surface area contributed by atoms with Gasteiger partial charge >= 0.3 is 5.97 Å². The number of aromatic carboxylic acids is 1. The van der Waals surface area contributed by atoms with Crippen molar-refractivity contribution in [3.8, 4) is 5.75 Å². The maximum Gasteiger partial charge on any atom is 0.339 e. The summed E-state index contributed by atoms with van der Waals surface area (Å²) in [6.45, 7) is 0. The van der Waals surface area contributed by atoms with Crippen LogP contribution in [-0.2, 0) is 9.59 Å². The zero-order valence-electron chi connectivity index (χ0n) is 11.0. The summed E-state index contributed by atoms with van der Waals surface area (Å²) in [6, 6.07) is 3.71. The molecule has 2 aliphatic rings. The van der Waals surface area contributed by atoms with E-state index >= 15 is 0 Å². The van der Waals surface area contributed by atoms with Gasteiger partial charge in [-0.25, -0.2) is 4.79 Å². The minimum Gasteiger partial charge on any atom is -0.507 e. The lowest BCUT2D eigenvalue weighted by Crippen LogP contribution is -2.31. The predicted octanol–water partition coefficient (Wildman–Crippen LogP) is 1.55. The number of nitrogens with zero attached hydrogens (tertiary/aromatic N) is 1. The van der Waals surface area contributed by atoms with Gasteiger partial charge in [0.2, 0.25) is 11.8 Å². The number of imide groups is 1. The van der Waals surface area contributed by atoms with Gasteiger partial charge in [0.1, 0.15) is 11.3 Å². The number of rotatable bonds is 2. The fourth-order valence-corrected chi connectivity index (χ4v) is 2.89. The number of phenols is 1. The molecule has 2 N–H and O–H groups in total. The van der Waals surface area contributed by atoms with Crippen molar-refractivity contribution in [2.45, 2.75) is 12.8 Å². The van der Waals surface area contributed by atoms with E-state index in [0.29, 0.717) is 12.8 Å². The molecular formula is C15H13NO5. The zero-order valence-corrected chi connectivity index (χ0v) is 11.0. The summed E-state index contributed by atoms with van der Waals surface area (Å²) in [5.41, 5.74) is -0.143. The summed E-state index contributed by atoms with van der Waals surface area (Å²) in [4.78, 5) is 36.8. The van der Waals surface area contributed by atoms with E-state index < -0.39 is 11.7 Å². The number of anilines is 1. The lowest BCUT2D eigenvalue weighted by atomic mass is 9.85. The highest BCUT2D eigenvalue weighted by Crippen LogP contribution is 2.38. The first kappa shape index (κ1) is 13.4. The van der Waals surface area contributed by atoms with Crippen LogP contribution < -0.4 is 4.90 Å². The average molecular weight is 287 g/mol. The number of fused-ring (bicyclic) bond motifs is 1. The Morgan fingerprint density at radius 1 is 1.10 bits per heavy atom. The molecule has 0 aromatic heterocycles. The van der Waals surface area contributed by atoms with Crippen molar-refractivity contribution in [2.24, 2.45) is 11.8 Å². The third kappa shape index (κ3) is 1.99. The fraction of sp³-hybridized carbons (Fsp3) is 0.267. The summed E-state index contributed by atoms with van der Waals surface area (Å²) in [6.07, 6.45) is 4.82. The van der Waals surface area contributed by atoms with E-state index in [2.05, 4.69) is 0 Å². The summed E-state index contributed by atoms with van der Waals surface area (Å²) in [5.74, 6) is -3.07. The van der Waals surface area contributed by atoms with Gasteiger partial charge in [-0.15, -0.1) is 0 Å². The molecule has 0 radical (unpaired) electrons. The second kappa shape index (κ2) is 4.73. The van der Waals surface area contributed by atoms with Gasteiger partial charge in [-0.3, -0.25) is 14.5 Å². The number of hydrogen-bond donors (Lipinski definition) is 2. The topological polar surface area (TPSA) is 94.9 Å². The van der Waals surface area contributed by atoms with Gasteiger partial charge in [0.05, 0.1) is 17.5 Å². The molecule has 2 atom stereocenters. The highest BCUT2D eigenvalue weighted by atomic mass is 16.4.